The molecule has 1 saturated heterocycles. The van der Waals surface area contributed by atoms with E-state index in [1.54, 1.807) is 0 Å². The summed E-state index contributed by atoms with van der Waals surface area (Å²) in [6.07, 6.45) is 5.20. The SMILES string of the molecule is C#C[C@@H]1CNC[C@@H]1CO. The minimum absolute atomic E-state index is 0.210. The maximum atomic E-state index is 8.73. The second kappa shape index (κ2) is 2.86. The van der Waals surface area contributed by atoms with Crippen LogP contribution in [-0.2, 0) is 0 Å². The molecule has 0 spiro atoms. The van der Waals surface area contributed by atoms with E-state index < -0.39 is 0 Å². The monoisotopic (exact) mass is 125 g/mol. The predicted molar refractivity (Wildman–Crippen MR) is 35.8 cm³/mol. The van der Waals surface area contributed by atoms with Gasteiger partial charge in [-0.3, -0.25) is 0 Å². The molecule has 0 bridgehead atoms. The molecule has 0 aliphatic carbocycles. The molecule has 1 rings (SSSR count). The molecule has 0 saturated carbocycles. The highest BCUT2D eigenvalue weighted by molar-refractivity contribution is 5.01. The first-order chi connectivity index (χ1) is 4.38. The van der Waals surface area contributed by atoms with Gasteiger partial charge in [-0.2, -0.15) is 0 Å². The molecule has 1 aliphatic heterocycles. The van der Waals surface area contributed by atoms with E-state index in [4.69, 9.17) is 11.5 Å². The lowest BCUT2D eigenvalue weighted by Crippen LogP contribution is -2.14. The van der Waals surface area contributed by atoms with Crippen molar-refractivity contribution in [3.05, 3.63) is 0 Å². The van der Waals surface area contributed by atoms with Gasteiger partial charge in [0.2, 0.25) is 0 Å². The van der Waals surface area contributed by atoms with Crippen LogP contribution in [0.2, 0.25) is 0 Å². The lowest BCUT2D eigenvalue weighted by molar-refractivity contribution is 0.222. The van der Waals surface area contributed by atoms with Gasteiger partial charge >= 0.3 is 0 Å². The van der Waals surface area contributed by atoms with Crippen molar-refractivity contribution in [1.29, 1.82) is 0 Å². The van der Waals surface area contributed by atoms with Crippen LogP contribution in [0.4, 0.5) is 0 Å². The molecule has 1 aliphatic rings. The average Bonchev–Trinajstić information content (AvgIpc) is 2.33. The van der Waals surface area contributed by atoms with Crippen LogP contribution in [0.25, 0.3) is 0 Å². The summed E-state index contributed by atoms with van der Waals surface area (Å²) in [6, 6.07) is 0. The van der Waals surface area contributed by atoms with E-state index in [0.29, 0.717) is 0 Å². The lowest BCUT2D eigenvalue weighted by Gasteiger charge is -2.07. The maximum Gasteiger partial charge on any atom is 0.0483 e. The van der Waals surface area contributed by atoms with Gasteiger partial charge in [0.1, 0.15) is 0 Å². The number of hydrogen-bond acceptors (Lipinski definition) is 2. The van der Waals surface area contributed by atoms with Gasteiger partial charge in [-0.15, -0.1) is 12.3 Å². The van der Waals surface area contributed by atoms with Gasteiger partial charge in [0, 0.05) is 31.5 Å². The molecule has 0 aromatic rings. The molecule has 0 radical (unpaired) electrons. The van der Waals surface area contributed by atoms with Crippen molar-refractivity contribution in [1.82, 2.24) is 5.32 Å². The lowest BCUT2D eigenvalue weighted by atomic mass is 9.98. The topological polar surface area (TPSA) is 32.3 Å². The van der Waals surface area contributed by atoms with Crippen LogP contribution in [0.5, 0.6) is 0 Å². The molecular weight excluding hydrogens is 114 g/mol. The number of rotatable bonds is 1. The molecule has 1 heterocycles. The fourth-order valence-electron chi connectivity index (χ4n) is 1.12. The highest BCUT2D eigenvalue weighted by Gasteiger charge is 2.23. The zero-order valence-electron chi connectivity index (χ0n) is 5.30. The van der Waals surface area contributed by atoms with Crippen LogP contribution in [0, 0.1) is 24.2 Å². The number of aliphatic hydroxyl groups excluding tert-OH is 1. The summed E-state index contributed by atoms with van der Waals surface area (Å²) in [5.41, 5.74) is 0. The third-order valence-corrected chi connectivity index (χ3v) is 1.79. The van der Waals surface area contributed by atoms with Crippen molar-refractivity contribution in [3.8, 4) is 12.3 Å². The Labute approximate surface area is 55.3 Å². The average molecular weight is 125 g/mol. The standard InChI is InChI=1S/C7H11NO/c1-2-6-3-8-4-7(6)5-9/h1,6-9H,3-5H2/t6-,7-/m1/s1. The van der Waals surface area contributed by atoms with Crippen molar-refractivity contribution >= 4 is 0 Å². The molecule has 9 heavy (non-hydrogen) atoms. The molecule has 0 amide bonds. The largest absolute Gasteiger partial charge is 0.396 e. The normalized spacial score (nSPS) is 34.2. The molecule has 2 nitrogen and oxygen atoms in total. The molecule has 0 aromatic carbocycles. The summed E-state index contributed by atoms with van der Waals surface area (Å²) in [7, 11) is 0. The molecule has 2 N–H and O–H groups in total. The van der Waals surface area contributed by atoms with Crippen LogP contribution in [0.3, 0.4) is 0 Å². The Bertz CT molecular complexity index is 127. The van der Waals surface area contributed by atoms with Crippen molar-refractivity contribution in [2.75, 3.05) is 19.7 Å². The first-order valence-corrected chi connectivity index (χ1v) is 3.16. The van der Waals surface area contributed by atoms with E-state index >= 15 is 0 Å². The van der Waals surface area contributed by atoms with Gasteiger partial charge < -0.3 is 10.4 Å². The molecular formula is C7H11NO. The fourth-order valence-corrected chi connectivity index (χ4v) is 1.12. The van der Waals surface area contributed by atoms with E-state index in [9.17, 15) is 0 Å². The van der Waals surface area contributed by atoms with Gasteiger partial charge in [-0.25, -0.2) is 0 Å². The molecule has 2 heteroatoms. The summed E-state index contributed by atoms with van der Waals surface area (Å²) >= 11 is 0. The van der Waals surface area contributed by atoms with Crippen molar-refractivity contribution in [3.63, 3.8) is 0 Å². The fraction of sp³-hybridized carbons (Fsp3) is 0.714. The van der Waals surface area contributed by atoms with Crippen molar-refractivity contribution < 1.29 is 5.11 Å². The van der Waals surface area contributed by atoms with Crippen molar-refractivity contribution in [2.45, 2.75) is 0 Å². The van der Waals surface area contributed by atoms with Crippen LogP contribution in [-0.4, -0.2) is 24.8 Å². The third-order valence-electron chi connectivity index (χ3n) is 1.79. The Hall–Kier alpha value is -0.520. The van der Waals surface area contributed by atoms with E-state index in [0.717, 1.165) is 13.1 Å². The summed E-state index contributed by atoms with van der Waals surface area (Å²) in [6.45, 7) is 1.94. The zero-order valence-corrected chi connectivity index (χ0v) is 5.30. The van der Waals surface area contributed by atoms with E-state index in [2.05, 4.69) is 11.2 Å². The van der Waals surface area contributed by atoms with Crippen LogP contribution in [0.1, 0.15) is 0 Å². The number of aliphatic hydroxyl groups is 1. The van der Waals surface area contributed by atoms with Gasteiger partial charge in [0.15, 0.2) is 0 Å². The highest BCUT2D eigenvalue weighted by atomic mass is 16.3. The van der Waals surface area contributed by atoms with E-state index in [1.165, 1.54) is 0 Å². The summed E-state index contributed by atoms with van der Waals surface area (Å²) < 4.78 is 0. The molecule has 50 valence electrons. The van der Waals surface area contributed by atoms with Gasteiger partial charge in [0.05, 0.1) is 0 Å². The quantitative estimate of drug-likeness (QED) is 0.461. The number of hydrogen-bond donors (Lipinski definition) is 2. The van der Waals surface area contributed by atoms with Gasteiger partial charge in [-0.05, 0) is 0 Å². The minimum atomic E-state index is 0.210. The summed E-state index contributed by atoms with van der Waals surface area (Å²) in [4.78, 5) is 0. The van der Waals surface area contributed by atoms with E-state index in [1.807, 2.05) is 0 Å². The second-order valence-electron chi connectivity index (χ2n) is 2.37. The summed E-state index contributed by atoms with van der Waals surface area (Å²) in [5, 5.41) is 11.9. The zero-order chi connectivity index (χ0) is 6.69. The predicted octanol–water partition coefficient (Wildman–Crippen LogP) is -0.552. The molecule has 1 fully saturated rings. The Morgan fingerprint density at radius 3 is 2.89 bits per heavy atom. The molecule has 2 atom stereocenters. The van der Waals surface area contributed by atoms with Gasteiger partial charge in [0.25, 0.3) is 0 Å². The Morgan fingerprint density at radius 1 is 1.67 bits per heavy atom. The molecule has 0 aromatic heterocycles. The second-order valence-corrected chi connectivity index (χ2v) is 2.37. The Morgan fingerprint density at radius 2 is 2.44 bits per heavy atom. The summed E-state index contributed by atoms with van der Waals surface area (Å²) in [5.74, 6) is 3.17. The minimum Gasteiger partial charge on any atom is -0.396 e. The number of terminal acetylenes is 1. The molecule has 0 unspecified atom stereocenters. The highest BCUT2D eigenvalue weighted by Crippen LogP contribution is 2.13. The van der Waals surface area contributed by atoms with Crippen LogP contribution < -0.4 is 5.32 Å². The first-order valence-electron chi connectivity index (χ1n) is 3.16. The van der Waals surface area contributed by atoms with Gasteiger partial charge in [-0.1, -0.05) is 0 Å². The van der Waals surface area contributed by atoms with Crippen LogP contribution in [0.15, 0.2) is 0 Å². The van der Waals surface area contributed by atoms with Crippen LogP contribution >= 0.6 is 0 Å². The smallest absolute Gasteiger partial charge is 0.0483 e. The third kappa shape index (κ3) is 1.24. The number of nitrogens with one attached hydrogen (secondary N) is 1. The Kier molecular flexibility index (Phi) is 2.10. The maximum absolute atomic E-state index is 8.73. The van der Waals surface area contributed by atoms with Crippen molar-refractivity contribution in [2.24, 2.45) is 11.8 Å². The Balaban J connectivity index is 2.44. The first kappa shape index (κ1) is 6.60. The van der Waals surface area contributed by atoms with E-state index in [-0.39, 0.29) is 18.4 Å².